The summed E-state index contributed by atoms with van der Waals surface area (Å²) in [6.45, 7) is 6.23. The highest BCUT2D eigenvalue weighted by Crippen LogP contribution is 2.35. The Balaban J connectivity index is 1.58. The summed E-state index contributed by atoms with van der Waals surface area (Å²) >= 11 is 0. The van der Waals surface area contributed by atoms with Crippen molar-refractivity contribution in [2.75, 3.05) is 6.54 Å². The largest absolute Gasteiger partial charge is 0.352 e. The zero-order valence-corrected chi connectivity index (χ0v) is 23.1. The predicted molar refractivity (Wildman–Crippen MR) is 150 cm³/mol. The molecule has 7 heteroatoms. The quantitative estimate of drug-likeness (QED) is 0.349. The highest BCUT2D eigenvalue weighted by Gasteiger charge is 2.47. The fraction of sp³-hybridized carbons (Fsp3) is 0.438. The molecule has 0 unspecified atom stereocenters. The Morgan fingerprint density at radius 1 is 0.949 bits per heavy atom. The van der Waals surface area contributed by atoms with Crippen LogP contribution in [-0.4, -0.2) is 52.1 Å². The number of likely N-dealkylation sites (tertiary alicyclic amines) is 1. The molecule has 0 radical (unpaired) electrons. The maximum Gasteiger partial charge on any atom is 0.243 e. The number of amides is 4. The van der Waals surface area contributed by atoms with Gasteiger partial charge in [0.1, 0.15) is 6.04 Å². The average Bonchev–Trinajstić information content (AvgIpc) is 3.19. The van der Waals surface area contributed by atoms with Crippen LogP contribution in [0.4, 0.5) is 0 Å². The Bertz CT molecular complexity index is 1180. The lowest BCUT2D eigenvalue weighted by Crippen LogP contribution is -2.52. The topological polar surface area (TPSA) is 86.8 Å². The Morgan fingerprint density at radius 3 is 2.15 bits per heavy atom. The molecule has 2 aromatic carbocycles. The van der Waals surface area contributed by atoms with Crippen molar-refractivity contribution in [1.29, 1.82) is 0 Å². The fourth-order valence-corrected chi connectivity index (χ4v) is 5.33. The van der Waals surface area contributed by atoms with Gasteiger partial charge in [0.05, 0.1) is 11.8 Å². The molecule has 1 N–H and O–H groups in total. The Kier molecular flexibility index (Phi) is 9.33. The number of hydrogen-bond acceptors (Lipinski definition) is 4. The van der Waals surface area contributed by atoms with Crippen LogP contribution >= 0.6 is 0 Å². The van der Waals surface area contributed by atoms with Gasteiger partial charge in [0.25, 0.3) is 0 Å². The lowest BCUT2D eigenvalue weighted by Gasteiger charge is -2.33. The molecule has 0 spiro atoms. The van der Waals surface area contributed by atoms with Crippen LogP contribution < -0.4 is 5.32 Å². The third-order valence-corrected chi connectivity index (χ3v) is 7.89. The van der Waals surface area contributed by atoms with Gasteiger partial charge in [-0.25, -0.2) is 0 Å². The Morgan fingerprint density at radius 2 is 1.56 bits per heavy atom. The number of fused-ring (bicyclic) bond motifs is 1. The molecule has 1 saturated heterocycles. The number of imide groups is 1. The number of carbonyl (C=O) groups excluding carboxylic acids is 4. The van der Waals surface area contributed by atoms with Crippen LogP contribution in [0.3, 0.4) is 0 Å². The number of allylic oxidation sites excluding steroid dienone is 2. The molecule has 1 aliphatic carbocycles. The van der Waals surface area contributed by atoms with Crippen LogP contribution in [0.1, 0.15) is 56.2 Å². The highest BCUT2D eigenvalue weighted by molar-refractivity contribution is 6.05. The van der Waals surface area contributed by atoms with Gasteiger partial charge in [-0.2, -0.15) is 0 Å². The van der Waals surface area contributed by atoms with Crippen LogP contribution in [0.15, 0.2) is 66.7 Å². The maximum atomic E-state index is 13.9. The number of nitrogens with one attached hydrogen (secondary N) is 1. The molecule has 4 atom stereocenters. The second-order valence-corrected chi connectivity index (χ2v) is 10.8. The second-order valence-electron chi connectivity index (χ2n) is 10.8. The van der Waals surface area contributed by atoms with Crippen LogP contribution in [0.2, 0.25) is 0 Å². The molecular weight excluding hydrogens is 490 g/mol. The summed E-state index contributed by atoms with van der Waals surface area (Å²) in [5.74, 6) is -1.50. The minimum Gasteiger partial charge on any atom is -0.352 e. The zero-order valence-electron chi connectivity index (χ0n) is 23.1. The molecular formula is C32H39N3O4. The Hall–Kier alpha value is -3.74. The van der Waals surface area contributed by atoms with Gasteiger partial charge in [-0.1, -0.05) is 79.2 Å². The fourth-order valence-electron chi connectivity index (χ4n) is 5.33. The zero-order chi connectivity index (χ0) is 27.9. The lowest BCUT2D eigenvalue weighted by molar-refractivity contribution is -0.144. The van der Waals surface area contributed by atoms with Gasteiger partial charge in [-0.3, -0.25) is 24.1 Å². The van der Waals surface area contributed by atoms with E-state index in [9.17, 15) is 19.2 Å². The summed E-state index contributed by atoms with van der Waals surface area (Å²) in [6, 6.07) is 16.8. The van der Waals surface area contributed by atoms with Crippen LogP contribution in [0.25, 0.3) is 0 Å². The number of nitrogens with zero attached hydrogens (tertiary/aromatic N) is 2. The van der Waals surface area contributed by atoms with E-state index in [2.05, 4.69) is 5.32 Å². The van der Waals surface area contributed by atoms with E-state index in [0.29, 0.717) is 19.3 Å². The van der Waals surface area contributed by atoms with Gasteiger partial charge in [0.2, 0.25) is 23.6 Å². The first-order valence-corrected chi connectivity index (χ1v) is 14.0. The summed E-state index contributed by atoms with van der Waals surface area (Å²) in [5, 5.41) is 3.07. The molecule has 2 aliphatic rings. The monoisotopic (exact) mass is 529 g/mol. The average molecular weight is 530 g/mol. The van der Waals surface area contributed by atoms with Gasteiger partial charge < -0.3 is 10.2 Å². The van der Waals surface area contributed by atoms with Crippen LogP contribution in [0.5, 0.6) is 0 Å². The molecule has 1 fully saturated rings. The summed E-state index contributed by atoms with van der Waals surface area (Å²) in [5.41, 5.74) is 2.97. The molecule has 1 heterocycles. The normalized spacial score (nSPS) is 19.9. The van der Waals surface area contributed by atoms with E-state index < -0.39 is 6.04 Å². The molecule has 0 bridgehead atoms. The molecule has 0 aromatic heterocycles. The van der Waals surface area contributed by atoms with Crippen molar-refractivity contribution in [1.82, 2.24) is 15.1 Å². The van der Waals surface area contributed by atoms with Gasteiger partial charge in [0.15, 0.2) is 0 Å². The number of rotatable bonds is 11. The lowest BCUT2D eigenvalue weighted by atomic mass is 9.85. The first-order chi connectivity index (χ1) is 18.8. The van der Waals surface area contributed by atoms with Crippen molar-refractivity contribution in [2.45, 2.75) is 71.5 Å². The van der Waals surface area contributed by atoms with E-state index >= 15 is 0 Å². The van der Waals surface area contributed by atoms with E-state index in [4.69, 9.17) is 0 Å². The maximum absolute atomic E-state index is 13.9. The summed E-state index contributed by atoms with van der Waals surface area (Å²) in [6.07, 6.45) is 6.13. The van der Waals surface area contributed by atoms with Gasteiger partial charge >= 0.3 is 0 Å². The number of benzene rings is 2. The summed E-state index contributed by atoms with van der Waals surface area (Å²) < 4.78 is 0. The Labute approximate surface area is 231 Å². The van der Waals surface area contributed by atoms with E-state index in [1.54, 1.807) is 4.90 Å². The van der Waals surface area contributed by atoms with Crippen molar-refractivity contribution in [2.24, 2.45) is 11.8 Å². The molecule has 1 aliphatic heterocycles. The van der Waals surface area contributed by atoms with Crippen LogP contribution in [0, 0.1) is 18.8 Å². The minimum absolute atomic E-state index is 0.0267. The highest BCUT2D eigenvalue weighted by atomic mass is 16.2. The minimum atomic E-state index is -0.744. The predicted octanol–water partition coefficient (Wildman–Crippen LogP) is 4.19. The van der Waals surface area contributed by atoms with Gasteiger partial charge in [-0.15, -0.1) is 0 Å². The molecule has 0 saturated carbocycles. The van der Waals surface area contributed by atoms with E-state index in [-0.39, 0.29) is 61.0 Å². The van der Waals surface area contributed by atoms with Crippen LogP contribution in [-0.2, 0) is 32.1 Å². The smallest absolute Gasteiger partial charge is 0.243 e. The first-order valence-electron chi connectivity index (χ1n) is 14.0. The first kappa shape index (κ1) is 28.3. The van der Waals surface area contributed by atoms with Crippen molar-refractivity contribution in [3.8, 4) is 0 Å². The number of aryl methyl sites for hydroxylation is 1. The van der Waals surface area contributed by atoms with E-state index in [1.165, 1.54) is 4.90 Å². The molecule has 2 aromatic rings. The molecule has 7 nitrogen and oxygen atoms in total. The summed E-state index contributed by atoms with van der Waals surface area (Å²) in [7, 11) is 0. The third kappa shape index (κ3) is 6.83. The standard InChI is InChI=1S/C32H39N3O4/c1-4-23(3)33-30(37)28(20-24-10-6-5-7-11-24)35(21-25-16-14-22(2)15-17-25)29(36)18-19-34-31(38)26-12-8-9-13-27(26)32(34)39/h5-11,14-17,23,26-28H,4,12-13,18-21H2,1-3H3,(H,33,37)/t23-,26-,27+,28-/m0/s1. The molecule has 4 amide bonds. The molecule has 39 heavy (non-hydrogen) atoms. The van der Waals surface area contributed by atoms with Gasteiger partial charge in [-0.05, 0) is 44.2 Å². The SMILES string of the molecule is CC[C@H](C)NC(=O)[C@H](Cc1ccccc1)N(Cc1ccc(C)cc1)C(=O)CCN1C(=O)[C@H]2CC=CC[C@H]2C1=O. The third-order valence-electron chi connectivity index (χ3n) is 7.89. The van der Waals surface area contributed by atoms with Crippen molar-refractivity contribution < 1.29 is 19.2 Å². The molecule has 206 valence electrons. The second kappa shape index (κ2) is 12.9. The summed E-state index contributed by atoms with van der Waals surface area (Å²) in [4.78, 5) is 56.3. The number of hydrogen-bond donors (Lipinski definition) is 1. The van der Waals surface area contributed by atoms with Crippen molar-refractivity contribution in [3.05, 3.63) is 83.4 Å². The number of carbonyl (C=O) groups is 4. The van der Waals surface area contributed by atoms with E-state index in [1.807, 2.05) is 87.5 Å². The van der Waals surface area contributed by atoms with Crippen molar-refractivity contribution >= 4 is 23.6 Å². The van der Waals surface area contributed by atoms with Gasteiger partial charge in [0, 0.05) is 32.0 Å². The molecule has 4 rings (SSSR count). The van der Waals surface area contributed by atoms with Crippen molar-refractivity contribution in [3.63, 3.8) is 0 Å². The van der Waals surface area contributed by atoms with E-state index in [0.717, 1.165) is 23.1 Å².